The van der Waals surface area contributed by atoms with Crippen LogP contribution >= 0.6 is 11.3 Å². The first-order valence-corrected chi connectivity index (χ1v) is 6.01. The smallest absolute Gasteiger partial charge is 0.107 e. The van der Waals surface area contributed by atoms with E-state index < -0.39 is 0 Å². The molecule has 1 aromatic rings. The number of rotatable bonds is 4. The third-order valence-electron chi connectivity index (χ3n) is 2.50. The maximum absolute atomic E-state index is 4.32. The zero-order valence-electron chi connectivity index (χ0n) is 8.55. The molecule has 2 N–H and O–H groups in total. The van der Waals surface area contributed by atoms with Gasteiger partial charge in [-0.15, -0.1) is 11.3 Å². The third-order valence-corrected chi connectivity index (χ3v) is 3.41. The molecule has 1 aromatic heterocycles. The molecule has 2 rings (SSSR count). The van der Waals surface area contributed by atoms with Crippen LogP contribution in [0.25, 0.3) is 0 Å². The van der Waals surface area contributed by atoms with Gasteiger partial charge in [-0.2, -0.15) is 0 Å². The van der Waals surface area contributed by atoms with Crippen LogP contribution in [-0.4, -0.2) is 24.1 Å². The van der Waals surface area contributed by atoms with Crippen molar-refractivity contribution in [1.82, 2.24) is 15.6 Å². The molecule has 1 aliphatic rings. The number of aromatic nitrogens is 1. The molecule has 4 heteroatoms. The zero-order chi connectivity index (χ0) is 9.80. The lowest BCUT2D eigenvalue weighted by atomic mass is 10.2. The molecule has 3 nitrogen and oxygen atoms in total. The van der Waals surface area contributed by atoms with E-state index in [9.17, 15) is 0 Å². The fourth-order valence-electron chi connectivity index (χ4n) is 1.77. The molecule has 0 radical (unpaired) electrons. The van der Waals surface area contributed by atoms with Gasteiger partial charge < -0.3 is 10.6 Å². The standard InChI is InChI=1S/C10H17N3S/c1-8-5-13-10(14-8)7-11-6-9-3-2-4-12-9/h5,9,11-12H,2-4,6-7H2,1H3. The van der Waals surface area contributed by atoms with Crippen molar-refractivity contribution >= 4 is 11.3 Å². The van der Waals surface area contributed by atoms with Crippen LogP contribution in [0.15, 0.2) is 6.20 Å². The van der Waals surface area contributed by atoms with E-state index >= 15 is 0 Å². The van der Waals surface area contributed by atoms with Crippen molar-refractivity contribution in [2.45, 2.75) is 32.4 Å². The number of hydrogen-bond donors (Lipinski definition) is 2. The molecule has 1 atom stereocenters. The van der Waals surface area contributed by atoms with E-state index in [0.717, 1.165) is 13.1 Å². The quantitative estimate of drug-likeness (QED) is 0.788. The van der Waals surface area contributed by atoms with E-state index in [1.807, 2.05) is 6.20 Å². The minimum atomic E-state index is 0.677. The minimum Gasteiger partial charge on any atom is -0.313 e. The molecule has 0 amide bonds. The van der Waals surface area contributed by atoms with Crippen LogP contribution in [0.5, 0.6) is 0 Å². The Bertz CT molecular complexity index is 279. The number of aryl methyl sites for hydroxylation is 1. The highest BCUT2D eigenvalue weighted by Gasteiger charge is 2.12. The normalized spacial score (nSPS) is 21.6. The van der Waals surface area contributed by atoms with Crippen molar-refractivity contribution < 1.29 is 0 Å². The molecule has 0 aliphatic carbocycles. The summed E-state index contributed by atoms with van der Waals surface area (Å²) in [5.74, 6) is 0. The Morgan fingerprint density at radius 2 is 2.64 bits per heavy atom. The van der Waals surface area contributed by atoms with Crippen LogP contribution in [0.4, 0.5) is 0 Å². The Hall–Kier alpha value is -0.450. The largest absolute Gasteiger partial charge is 0.313 e. The van der Waals surface area contributed by atoms with Crippen molar-refractivity contribution in [1.29, 1.82) is 0 Å². The lowest BCUT2D eigenvalue weighted by Crippen LogP contribution is -2.33. The Morgan fingerprint density at radius 1 is 1.71 bits per heavy atom. The summed E-state index contributed by atoms with van der Waals surface area (Å²) in [7, 11) is 0. The molecule has 78 valence electrons. The van der Waals surface area contributed by atoms with Crippen molar-refractivity contribution in [2.75, 3.05) is 13.1 Å². The fourth-order valence-corrected chi connectivity index (χ4v) is 2.52. The Labute approximate surface area is 88.9 Å². The molecule has 1 fully saturated rings. The minimum absolute atomic E-state index is 0.677. The second kappa shape index (κ2) is 4.87. The summed E-state index contributed by atoms with van der Waals surface area (Å²) in [5, 5.41) is 8.11. The summed E-state index contributed by atoms with van der Waals surface area (Å²) in [6.45, 7) is 5.26. The van der Waals surface area contributed by atoms with E-state index in [2.05, 4.69) is 22.5 Å². The van der Waals surface area contributed by atoms with Gasteiger partial charge in [0.15, 0.2) is 0 Å². The van der Waals surface area contributed by atoms with Crippen molar-refractivity contribution in [3.05, 3.63) is 16.1 Å². The first kappa shape index (κ1) is 10.1. The molecule has 1 saturated heterocycles. The van der Waals surface area contributed by atoms with Gasteiger partial charge in [0.25, 0.3) is 0 Å². The SMILES string of the molecule is Cc1cnc(CNCC2CCCN2)s1. The average molecular weight is 211 g/mol. The van der Waals surface area contributed by atoms with Gasteiger partial charge in [-0.3, -0.25) is 0 Å². The average Bonchev–Trinajstić information content (AvgIpc) is 2.77. The van der Waals surface area contributed by atoms with Gasteiger partial charge in [-0.1, -0.05) is 0 Å². The van der Waals surface area contributed by atoms with Crippen LogP contribution in [0.3, 0.4) is 0 Å². The molecule has 0 saturated carbocycles. The summed E-state index contributed by atoms with van der Waals surface area (Å²) in [5.41, 5.74) is 0. The zero-order valence-corrected chi connectivity index (χ0v) is 9.36. The third kappa shape index (κ3) is 2.77. The first-order chi connectivity index (χ1) is 6.84. The number of nitrogens with zero attached hydrogens (tertiary/aromatic N) is 1. The van der Waals surface area contributed by atoms with Gasteiger partial charge >= 0.3 is 0 Å². The predicted octanol–water partition coefficient (Wildman–Crippen LogP) is 1.29. The molecule has 0 aromatic carbocycles. The second-order valence-electron chi connectivity index (χ2n) is 3.79. The topological polar surface area (TPSA) is 37.0 Å². The highest BCUT2D eigenvalue weighted by molar-refractivity contribution is 7.11. The Kier molecular flexibility index (Phi) is 3.50. The maximum atomic E-state index is 4.32. The Morgan fingerprint density at radius 3 is 3.29 bits per heavy atom. The highest BCUT2D eigenvalue weighted by atomic mass is 32.1. The number of nitrogens with one attached hydrogen (secondary N) is 2. The highest BCUT2D eigenvalue weighted by Crippen LogP contribution is 2.10. The lowest BCUT2D eigenvalue weighted by molar-refractivity contribution is 0.535. The van der Waals surface area contributed by atoms with Gasteiger partial charge in [-0.25, -0.2) is 4.98 Å². The summed E-state index contributed by atoms with van der Waals surface area (Å²) in [6, 6.07) is 0.677. The number of hydrogen-bond acceptors (Lipinski definition) is 4. The van der Waals surface area contributed by atoms with Gasteiger partial charge in [0.2, 0.25) is 0 Å². The molecular weight excluding hydrogens is 194 g/mol. The second-order valence-corrected chi connectivity index (χ2v) is 5.11. The van der Waals surface area contributed by atoms with Crippen molar-refractivity contribution in [3.63, 3.8) is 0 Å². The van der Waals surface area contributed by atoms with E-state index in [4.69, 9.17) is 0 Å². The molecule has 0 bridgehead atoms. The van der Waals surface area contributed by atoms with E-state index in [0.29, 0.717) is 6.04 Å². The summed E-state index contributed by atoms with van der Waals surface area (Å²) in [4.78, 5) is 5.61. The molecule has 1 aliphatic heterocycles. The summed E-state index contributed by atoms with van der Waals surface area (Å²) >= 11 is 1.78. The Balaban J connectivity index is 1.67. The van der Waals surface area contributed by atoms with Crippen molar-refractivity contribution in [3.8, 4) is 0 Å². The van der Waals surface area contributed by atoms with Gasteiger partial charge in [0.1, 0.15) is 5.01 Å². The monoisotopic (exact) mass is 211 g/mol. The first-order valence-electron chi connectivity index (χ1n) is 5.20. The van der Waals surface area contributed by atoms with Crippen LogP contribution < -0.4 is 10.6 Å². The lowest BCUT2D eigenvalue weighted by Gasteiger charge is -2.09. The molecule has 0 spiro atoms. The molecule has 1 unspecified atom stereocenters. The fraction of sp³-hybridized carbons (Fsp3) is 0.700. The molecule has 2 heterocycles. The number of thiazole rings is 1. The molecule has 14 heavy (non-hydrogen) atoms. The summed E-state index contributed by atoms with van der Waals surface area (Å²) < 4.78 is 0. The molecular formula is C10H17N3S. The van der Waals surface area contributed by atoms with Gasteiger partial charge in [0.05, 0.1) is 0 Å². The van der Waals surface area contributed by atoms with Crippen LogP contribution in [0.1, 0.15) is 22.7 Å². The van der Waals surface area contributed by atoms with Crippen molar-refractivity contribution in [2.24, 2.45) is 0 Å². The maximum Gasteiger partial charge on any atom is 0.107 e. The van der Waals surface area contributed by atoms with Gasteiger partial charge in [0, 0.05) is 30.2 Å². The van der Waals surface area contributed by atoms with Crippen LogP contribution in [-0.2, 0) is 6.54 Å². The van der Waals surface area contributed by atoms with E-state index in [1.54, 1.807) is 11.3 Å². The van der Waals surface area contributed by atoms with E-state index in [-0.39, 0.29) is 0 Å². The summed E-state index contributed by atoms with van der Waals surface area (Å²) in [6.07, 6.45) is 4.57. The van der Waals surface area contributed by atoms with Gasteiger partial charge in [-0.05, 0) is 26.3 Å². The van der Waals surface area contributed by atoms with Crippen LogP contribution in [0, 0.1) is 6.92 Å². The van der Waals surface area contributed by atoms with Crippen LogP contribution in [0.2, 0.25) is 0 Å². The van der Waals surface area contributed by atoms with E-state index in [1.165, 1.54) is 29.3 Å². The predicted molar refractivity (Wildman–Crippen MR) is 59.6 cm³/mol.